The van der Waals surface area contributed by atoms with Crippen molar-refractivity contribution in [1.82, 2.24) is 19.9 Å². The Morgan fingerprint density at radius 1 is 1.00 bits per heavy atom. The first kappa shape index (κ1) is 15.6. The van der Waals surface area contributed by atoms with Crippen LogP contribution in [0.3, 0.4) is 0 Å². The predicted molar refractivity (Wildman–Crippen MR) is 88.2 cm³/mol. The smallest absolute Gasteiger partial charge is 0.225 e. The van der Waals surface area contributed by atoms with E-state index >= 15 is 0 Å². The van der Waals surface area contributed by atoms with Gasteiger partial charge in [-0.25, -0.2) is 0 Å². The maximum Gasteiger partial charge on any atom is 0.225 e. The average molecular weight is 314 g/mol. The van der Waals surface area contributed by atoms with Gasteiger partial charge < -0.3 is 16.2 Å². The summed E-state index contributed by atoms with van der Waals surface area (Å²) in [4.78, 5) is 14.3. The standard InChI is InChI=1S/C16H22N6O/c17-15-19-14(20-16(18)21-15)10-22-8-6-13(7-9-22)23-11-12-4-2-1-3-5-12/h1-5,13H,6-11H2,(H4,17,18,19,20,21). The van der Waals surface area contributed by atoms with Crippen LogP contribution in [-0.2, 0) is 17.9 Å². The first-order chi connectivity index (χ1) is 11.2. The van der Waals surface area contributed by atoms with Crippen molar-refractivity contribution >= 4 is 11.9 Å². The number of nitrogens with two attached hydrogens (primary N) is 2. The summed E-state index contributed by atoms with van der Waals surface area (Å²) in [6.45, 7) is 3.21. The van der Waals surface area contributed by atoms with Crippen molar-refractivity contribution in [3.8, 4) is 0 Å². The van der Waals surface area contributed by atoms with E-state index in [1.807, 2.05) is 18.2 Å². The van der Waals surface area contributed by atoms with Crippen LogP contribution in [-0.4, -0.2) is 39.0 Å². The number of ether oxygens (including phenoxy) is 1. The Kier molecular flexibility index (Phi) is 4.99. The van der Waals surface area contributed by atoms with Crippen molar-refractivity contribution in [3.63, 3.8) is 0 Å². The molecule has 0 unspecified atom stereocenters. The van der Waals surface area contributed by atoms with Gasteiger partial charge in [0.1, 0.15) is 5.82 Å². The molecule has 0 radical (unpaired) electrons. The van der Waals surface area contributed by atoms with Gasteiger partial charge in [-0.1, -0.05) is 30.3 Å². The maximum absolute atomic E-state index is 6.00. The van der Waals surface area contributed by atoms with E-state index in [1.54, 1.807) is 0 Å². The molecule has 1 aromatic heterocycles. The molecule has 1 aliphatic rings. The summed E-state index contributed by atoms with van der Waals surface area (Å²) in [5.74, 6) is 0.973. The Balaban J connectivity index is 1.45. The molecule has 0 aliphatic carbocycles. The molecular formula is C16H22N6O. The van der Waals surface area contributed by atoms with E-state index in [-0.39, 0.29) is 11.9 Å². The molecule has 7 nitrogen and oxygen atoms in total. The highest BCUT2D eigenvalue weighted by Crippen LogP contribution is 2.17. The van der Waals surface area contributed by atoms with Crippen molar-refractivity contribution in [3.05, 3.63) is 41.7 Å². The van der Waals surface area contributed by atoms with Gasteiger partial charge >= 0.3 is 0 Å². The number of nitrogen functional groups attached to an aromatic ring is 2. The lowest BCUT2D eigenvalue weighted by molar-refractivity contribution is -0.00436. The minimum Gasteiger partial charge on any atom is -0.373 e. The van der Waals surface area contributed by atoms with Crippen LogP contribution >= 0.6 is 0 Å². The Morgan fingerprint density at radius 2 is 1.65 bits per heavy atom. The highest BCUT2D eigenvalue weighted by atomic mass is 16.5. The summed E-state index contributed by atoms with van der Waals surface area (Å²) in [6, 6.07) is 10.3. The van der Waals surface area contributed by atoms with Crippen LogP contribution in [0.4, 0.5) is 11.9 Å². The average Bonchev–Trinajstić information content (AvgIpc) is 2.54. The molecule has 1 saturated heterocycles. The molecule has 0 amide bonds. The molecule has 1 aliphatic heterocycles. The first-order valence-corrected chi connectivity index (χ1v) is 7.83. The minimum atomic E-state index is 0.175. The molecule has 23 heavy (non-hydrogen) atoms. The fourth-order valence-corrected chi connectivity index (χ4v) is 2.75. The van der Waals surface area contributed by atoms with Gasteiger partial charge in [0.2, 0.25) is 11.9 Å². The SMILES string of the molecule is Nc1nc(N)nc(CN2CCC(OCc3ccccc3)CC2)n1. The second kappa shape index (κ2) is 7.34. The molecule has 7 heteroatoms. The van der Waals surface area contributed by atoms with Gasteiger partial charge in [0.25, 0.3) is 0 Å². The maximum atomic E-state index is 6.00. The summed E-state index contributed by atoms with van der Waals surface area (Å²) >= 11 is 0. The van der Waals surface area contributed by atoms with Gasteiger partial charge in [0.15, 0.2) is 0 Å². The van der Waals surface area contributed by atoms with Gasteiger partial charge in [-0.2, -0.15) is 15.0 Å². The second-order valence-electron chi connectivity index (χ2n) is 5.74. The minimum absolute atomic E-state index is 0.175. The zero-order valence-corrected chi connectivity index (χ0v) is 13.1. The van der Waals surface area contributed by atoms with Crippen molar-refractivity contribution in [1.29, 1.82) is 0 Å². The topological polar surface area (TPSA) is 103 Å². The normalized spacial score (nSPS) is 16.5. The fourth-order valence-electron chi connectivity index (χ4n) is 2.75. The highest BCUT2D eigenvalue weighted by molar-refractivity contribution is 5.25. The van der Waals surface area contributed by atoms with Gasteiger partial charge in [0, 0.05) is 13.1 Å². The summed E-state index contributed by atoms with van der Waals surface area (Å²) in [5.41, 5.74) is 12.4. The summed E-state index contributed by atoms with van der Waals surface area (Å²) in [5, 5.41) is 0. The molecule has 1 aromatic carbocycles. The quantitative estimate of drug-likeness (QED) is 0.855. The van der Waals surface area contributed by atoms with E-state index in [1.165, 1.54) is 5.56 Å². The van der Waals surface area contributed by atoms with E-state index in [0.717, 1.165) is 25.9 Å². The number of anilines is 2. The lowest BCUT2D eigenvalue weighted by Gasteiger charge is -2.31. The molecule has 0 saturated carbocycles. The van der Waals surface area contributed by atoms with E-state index in [9.17, 15) is 0 Å². The Labute approximate surface area is 135 Å². The van der Waals surface area contributed by atoms with Crippen LogP contribution in [0.25, 0.3) is 0 Å². The van der Waals surface area contributed by atoms with Crippen LogP contribution in [0.2, 0.25) is 0 Å². The summed E-state index contributed by atoms with van der Waals surface area (Å²) in [6.07, 6.45) is 2.31. The zero-order chi connectivity index (χ0) is 16.1. The Bertz CT molecular complexity index is 607. The Hall–Kier alpha value is -2.25. The lowest BCUT2D eigenvalue weighted by atomic mass is 10.1. The lowest BCUT2D eigenvalue weighted by Crippen LogP contribution is -2.37. The molecule has 122 valence electrons. The van der Waals surface area contributed by atoms with Crippen molar-refractivity contribution < 1.29 is 4.74 Å². The van der Waals surface area contributed by atoms with Crippen molar-refractivity contribution in [2.45, 2.75) is 32.1 Å². The number of aromatic nitrogens is 3. The van der Waals surface area contributed by atoms with E-state index < -0.39 is 0 Å². The summed E-state index contributed by atoms with van der Waals surface area (Å²) in [7, 11) is 0. The highest BCUT2D eigenvalue weighted by Gasteiger charge is 2.20. The number of rotatable bonds is 5. The fraction of sp³-hybridized carbons (Fsp3) is 0.438. The number of likely N-dealkylation sites (tertiary alicyclic amines) is 1. The van der Waals surface area contributed by atoms with Crippen LogP contribution in [0.15, 0.2) is 30.3 Å². The third kappa shape index (κ3) is 4.61. The van der Waals surface area contributed by atoms with Gasteiger partial charge in [0.05, 0.1) is 19.3 Å². The number of piperidine rings is 1. The number of hydrogen-bond donors (Lipinski definition) is 2. The van der Waals surface area contributed by atoms with Crippen LogP contribution in [0.5, 0.6) is 0 Å². The second-order valence-corrected chi connectivity index (χ2v) is 5.74. The van der Waals surface area contributed by atoms with Gasteiger partial charge in [-0.15, -0.1) is 0 Å². The monoisotopic (exact) mass is 314 g/mol. The predicted octanol–water partition coefficient (Wildman–Crippen LogP) is 1.22. The number of nitrogens with zero attached hydrogens (tertiary/aromatic N) is 4. The first-order valence-electron chi connectivity index (χ1n) is 7.83. The molecule has 2 aromatic rings. The molecule has 0 bridgehead atoms. The van der Waals surface area contributed by atoms with Gasteiger partial charge in [-0.05, 0) is 18.4 Å². The van der Waals surface area contributed by atoms with Gasteiger partial charge in [-0.3, -0.25) is 4.90 Å². The largest absolute Gasteiger partial charge is 0.373 e. The molecule has 0 atom stereocenters. The molecule has 1 fully saturated rings. The zero-order valence-electron chi connectivity index (χ0n) is 13.1. The Morgan fingerprint density at radius 3 is 2.30 bits per heavy atom. The van der Waals surface area contributed by atoms with Crippen LogP contribution in [0, 0.1) is 0 Å². The summed E-state index contributed by atoms with van der Waals surface area (Å²) < 4.78 is 6.00. The molecule has 3 rings (SSSR count). The van der Waals surface area contributed by atoms with Crippen molar-refractivity contribution in [2.24, 2.45) is 0 Å². The molecule has 0 spiro atoms. The van der Waals surface area contributed by atoms with E-state index in [2.05, 4.69) is 32.0 Å². The number of hydrogen-bond acceptors (Lipinski definition) is 7. The molecule has 2 heterocycles. The third-order valence-electron chi connectivity index (χ3n) is 3.94. The van der Waals surface area contributed by atoms with E-state index in [4.69, 9.17) is 16.2 Å². The van der Waals surface area contributed by atoms with E-state index in [0.29, 0.717) is 25.1 Å². The van der Waals surface area contributed by atoms with Crippen LogP contribution < -0.4 is 11.5 Å². The third-order valence-corrected chi connectivity index (χ3v) is 3.94. The molecule has 4 N–H and O–H groups in total. The number of benzene rings is 1. The van der Waals surface area contributed by atoms with Crippen molar-refractivity contribution in [2.75, 3.05) is 24.6 Å². The molecular weight excluding hydrogens is 292 g/mol. The van der Waals surface area contributed by atoms with Crippen LogP contribution in [0.1, 0.15) is 24.2 Å².